The number of nitrogens with one attached hydrogen (secondary N) is 1. The molecule has 0 bridgehead atoms. The molecule has 0 aromatic heterocycles. The maximum Gasteiger partial charge on any atom is 0.0402 e. The molecule has 1 N–H and O–H groups in total. The molecular formula is C12H16BrNS. The van der Waals surface area contributed by atoms with Gasteiger partial charge >= 0.3 is 0 Å². The van der Waals surface area contributed by atoms with Crippen LogP contribution in [0, 0.1) is 13.8 Å². The summed E-state index contributed by atoms with van der Waals surface area (Å²) in [6, 6.07) is 5.02. The molecule has 1 fully saturated rings. The summed E-state index contributed by atoms with van der Waals surface area (Å²) in [5, 5.41) is 3.66. The van der Waals surface area contributed by atoms with E-state index in [9.17, 15) is 0 Å². The summed E-state index contributed by atoms with van der Waals surface area (Å²) in [6.07, 6.45) is 1.29. The number of rotatable bonds is 2. The molecule has 1 atom stereocenters. The van der Waals surface area contributed by atoms with Gasteiger partial charge in [0.05, 0.1) is 0 Å². The molecule has 3 heteroatoms. The van der Waals surface area contributed by atoms with E-state index in [1.54, 1.807) is 0 Å². The van der Waals surface area contributed by atoms with Crippen LogP contribution in [0.25, 0.3) is 0 Å². The van der Waals surface area contributed by atoms with Gasteiger partial charge in [0, 0.05) is 22.0 Å². The second kappa shape index (κ2) is 4.79. The summed E-state index contributed by atoms with van der Waals surface area (Å²) in [5.41, 5.74) is 3.99. The van der Waals surface area contributed by atoms with E-state index < -0.39 is 0 Å². The molecule has 1 unspecified atom stereocenters. The predicted octanol–water partition coefficient (Wildman–Crippen LogP) is 3.98. The first-order chi connectivity index (χ1) is 7.16. The highest BCUT2D eigenvalue weighted by Crippen LogP contribution is 2.28. The molecule has 0 spiro atoms. The number of halogens is 1. The SMILES string of the molecule is Cc1cc(Br)cc(C)c1NC1CCSC1. The van der Waals surface area contributed by atoms with E-state index in [0.717, 1.165) is 0 Å². The van der Waals surface area contributed by atoms with Crippen LogP contribution in [0.2, 0.25) is 0 Å². The third kappa shape index (κ3) is 2.70. The van der Waals surface area contributed by atoms with Gasteiger partial charge in [0.15, 0.2) is 0 Å². The van der Waals surface area contributed by atoms with Crippen molar-refractivity contribution < 1.29 is 0 Å². The molecule has 2 rings (SSSR count). The Morgan fingerprint density at radius 1 is 1.33 bits per heavy atom. The van der Waals surface area contributed by atoms with Crippen LogP contribution in [0.1, 0.15) is 17.5 Å². The van der Waals surface area contributed by atoms with Crippen LogP contribution in [0.4, 0.5) is 5.69 Å². The van der Waals surface area contributed by atoms with Crippen LogP contribution in [-0.4, -0.2) is 17.5 Å². The molecule has 1 aromatic carbocycles. The first-order valence-corrected chi connectivity index (χ1v) is 7.22. The Labute approximate surface area is 104 Å². The minimum absolute atomic E-state index is 0.661. The average molecular weight is 286 g/mol. The van der Waals surface area contributed by atoms with Gasteiger partial charge in [-0.05, 0) is 49.3 Å². The van der Waals surface area contributed by atoms with E-state index in [-0.39, 0.29) is 0 Å². The maximum atomic E-state index is 3.66. The molecule has 0 aliphatic carbocycles. The normalized spacial score (nSPS) is 20.6. The Balaban J connectivity index is 2.19. The Hall–Kier alpha value is -0.150. The molecule has 1 saturated heterocycles. The summed E-state index contributed by atoms with van der Waals surface area (Å²) < 4.78 is 1.17. The van der Waals surface area contributed by atoms with E-state index >= 15 is 0 Å². The van der Waals surface area contributed by atoms with Crippen LogP contribution in [-0.2, 0) is 0 Å². The van der Waals surface area contributed by atoms with Gasteiger partial charge in [0.1, 0.15) is 0 Å². The van der Waals surface area contributed by atoms with Gasteiger partial charge in [0.25, 0.3) is 0 Å². The van der Waals surface area contributed by atoms with Crippen LogP contribution in [0.15, 0.2) is 16.6 Å². The van der Waals surface area contributed by atoms with Crippen molar-refractivity contribution >= 4 is 33.4 Å². The third-order valence-corrected chi connectivity index (χ3v) is 4.40. The van der Waals surface area contributed by atoms with Gasteiger partial charge < -0.3 is 5.32 Å². The van der Waals surface area contributed by atoms with E-state index in [1.807, 2.05) is 11.8 Å². The Kier molecular flexibility index (Phi) is 3.62. The fourth-order valence-electron chi connectivity index (χ4n) is 1.99. The molecule has 0 amide bonds. The van der Waals surface area contributed by atoms with Gasteiger partial charge in [-0.3, -0.25) is 0 Å². The van der Waals surface area contributed by atoms with E-state index in [1.165, 1.54) is 39.2 Å². The van der Waals surface area contributed by atoms with Crippen molar-refractivity contribution in [1.29, 1.82) is 0 Å². The van der Waals surface area contributed by atoms with Gasteiger partial charge in [-0.15, -0.1) is 0 Å². The van der Waals surface area contributed by atoms with Crippen molar-refractivity contribution in [2.24, 2.45) is 0 Å². The lowest BCUT2D eigenvalue weighted by Crippen LogP contribution is -2.19. The minimum Gasteiger partial charge on any atom is -0.381 e. The van der Waals surface area contributed by atoms with E-state index in [0.29, 0.717) is 6.04 Å². The minimum atomic E-state index is 0.661. The fourth-order valence-corrected chi connectivity index (χ4v) is 3.83. The number of aryl methyl sites for hydroxylation is 2. The number of benzene rings is 1. The summed E-state index contributed by atoms with van der Waals surface area (Å²) in [4.78, 5) is 0. The number of hydrogen-bond donors (Lipinski definition) is 1. The molecule has 0 saturated carbocycles. The van der Waals surface area contributed by atoms with Crippen molar-refractivity contribution in [3.63, 3.8) is 0 Å². The van der Waals surface area contributed by atoms with Crippen LogP contribution < -0.4 is 5.32 Å². The topological polar surface area (TPSA) is 12.0 Å². The molecule has 1 aliphatic heterocycles. The number of thioether (sulfide) groups is 1. The molecular weight excluding hydrogens is 270 g/mol. The average Bonchev–Trinajstić information content (AvgIpc) is 2.63. The molecule has 1 aromatic rings. The van der Waals surface area contributed by atoms with Crippen molar-refractivity contribution in [3.8, 4) is 0 Å². The molecule has 1 heterocycles. The molecule has 1 nitrogen and oxygen atoms in total. The summed E-state index contributed by atoms with van der Waals surface area (Å²) in [5.74, 6) is 2.54. The van der Waals surface area contributed by atoms with E-state index in [2.05, 4.69) is 47.2 Å². The largest absolute Gasteiger partial charge is 0.381 e. The fraction of sp³-hybridized carbons (Fsp3) is 0.500. The third-order valence-electron chi connectivity index (χ3n) is 2.78. The second-order valence-corrected chi connectivity index (χ2v) is 6.18. The Morgan fingerprint density at radius 2 is 2.00 bits per heavy atom. The highest BCUT2D eigenvalue weighted by molar-refractivity contribution is 9.10. The standard InChI is InChI=1S/C12H16BrNS/c1-8-5-10(13)6-9(2)12(8)14-11-3-4-15-7-11/h5-6,11,14H,3-4,7H2,1-2H3. The zero-order valence-corrected chi connectivity index (χ0v) is 11.5. The highest BCUT2D eigenvalue weighted by atomic mass is 79.9. The lowest BCUT2D eigenvalue weighted by atomic mass is 10.1. The van der Waals surface area contributed by atoms with Crippen LogP contribution in [0.3, 0.4) is 0 Å². The summed E-state index contributed by atoms with van der Waals surface area (Å²) in [6.45, 7) is 4.34. The highest BCUT2D eigenvalue weighted by Gasteiger charge is 2.16. The Morgan fingerprint density at radius 3 is 2.53 bits per heavy atom. The van der Waals surface area contributed by atoms with Crippen molar-refractivity contribution in [2.45, 2.75) is 26.3 Å². The first kappa shape index (κ1) is 11.3. The first-order valence-electron chi connectivity index (χ1n) is 5.28. The molecule has 1 aliphatic rings. The number of hydrogen-bond acceptors (Lipinski definition) is 2. The second-order valence-electron chi connectivity index (χ2n) is 4.12. The van der Waals surface area contributed by atoms with Gasteiger partial charge in [-0.2, -0.15) is 11.8 Å². The quantitative estimate of drug-likeness (QED) is 0.882. The van der Waals surface area contributed by atoms with Crippen LogP contribution >= 0.6 is 27.7 Å². The van der Waals surface area contributed by atoms with Crippen molar-refractivity contribution in [2.75, 3.05) is 16.8 Å². The molecule has 82 valence electrons. The predicted molar refractivity (Wildman–Crippen MR) is 73.0 cm³/mol. The van der Waals surface area contributed by atoms with Gasteiger partial charge in [-0.25, -0.2) is 0 Å². The van der Waals surface area contributed by atoms with Gasteiger partial charge in [0.2, 0.25) is 0 Å². The number of anilines is 1. The molecule has 0 radical (unpaired) electrons. The summed E-state index contributed by atoms with van der Waals surface area (Å²) in [7, 11) is 0. The van der Waals surface area contributed by atoms with Gasteiger partial charge in [-0.1, -0.05) is 15.9 Å². The molecule has 15 heavy (non-hydrogen) atoms. The zero-order chi connectivity index (χ0) is 10.8. The zero-order valence-electron chi connectivity index (χ0n) is 9.14. The summed E-state index contributed by atoms with van der Waals surface area (Å²) >= 11 is 5.57. The van der Waals surface area contributed by atoms with E-state index in [4.69, 9.17) is 0 Å². The van der Waals surface area contributed by atoms with Crippen molar-refractivity contribution in [1.82, 2.24) is 0 Å². The smallest absolute Gasteiger partial charge is 0.0402 e. The Bertz CT molecular complexity index is 336. The van der Waals surface area contributed by atoms with Crippen molar-refractivity contribution in [3.05, 3.63) is 27.7 Å². The van der Waals surface area contributed by atoms with Crippen LogP contribution in [0.5, 0.6) is 0 Å². The lowest BCUT2D eigenvalue weighted by molar-refractivity contribution is 0.810. The maximum absolute atomic E-state index is 3.66. The lowest BCUT2D eigenvalue weighted by Gasteiger charge is -2.18. The monoisotopic (exact) mass is 285 g/mol.